The molecule has 2 unspecified atom stereocenters. The van der Waals surface area contributed by atoms with E-state index in [1.54, 1.807) is 12.1 Å². The standard InChI is InChI=1S/C14H21FN2O/c15-12-5-3-11(4-6-12)14(10-16)17-8-1-2-13(17)7-9-18/h3-6,13-14,18H,1-2,7-10,16H2. The van der Waals surface area contributed by atoms with Crippen LogP contribution >= 0.6 is 0 Å². The van der Waals surface area contributed by atoms with Crippen LogP contribution in [-0.4, -0.2) is 35.7 Å². The van der Waals surface area contributed by atoms with Gasteiger partial charge < -0.3 is 10.8 Å². The smallest absolute Gasteiger partial charge is 0.123 e. The first-order valence-electron chi connectivity index (χ1n) is 6.58. The summed E-state index contributed by atoms with van der Waals surface area (Å²) in [5.74, 6) is -0.220. The maximum absolute atomic E-state index is 13.0. The van der Waals surface area contributed by atoms with E-state index in [-0.39, 0.29) is 18.5 Å². The van der Waals surface area contributed by atoms with E-state index in [0.29, 0.717) is 12.6 Å². The molecule has 2 rings (SSSR count). The second-order valence-electron chi connectivity index (χ2n) is 4.85. The Morgan fingerprint density at radius 3 is 2.72 bits per heavy atom. The van der Waals surface area contributed by atoms with Gasteiger partial charge in [-0.1, -0.05) is 12.1 Å². The number of hydrogen-bond donors (Lipinski definition) is 2. The third kappa shape index (κ3) is 2.88. The molecule has 1 aromatic carbocycles. The van der Waals surface area contributed by atoms with Crippen molar-refractivity contribution in [2.24, 2.45) is 5.73 Å². The minimum absolute atomic E-state index is 0.129. The highest BCUT2D eigenvalue weighted by molar-refractivity contribution is 5.21. The molecule has 1 saturated heterocycles. The Morgan fingerprint density at radius 2 is 2.11 bits per heavy atom. The van der Waals surface area contributed by atoms with Gasteiger partial charge in [0, 0.05) is 25.2 Å². The maximum atomic E-state index is 13.0. The van der Waals surface area contributed by atoms with Crippen molar-refractivity contribution in [2.45, 2.75) is 31.3 Å². The van der Waals surface area contributed by atoms with Crippen LogP contribution in [0, 0.1) is 5.82 Å². The lowest BCUT2D eigenvalue weighted by molar-refractivity contribution is 0.151. The number of rotatable bonds is 5. The van der Waals surface area contributed by atoms with Gasteiger partial charge in [-0.3, -0.25) is 4.90 Å². The van der Waals surface area contributed by atoms with Crippen LogP contribution in [0.3, 0.4) is 0 Å². The lowest BCUT2D eigenvalue weighted by atomic mass is 10.0. The van der Waals surface area contributed by atoms with Crippen molar-refractivity contribution in [1.29, 1.82) is 0 Å². The summed E-state index contributed by atoms with van der Waals surface area (Å²) in [4.78, 5) is 2.35. The summed E-state index contributed by atoms with van der Waals surface area (Å²) < 4.78 is 13.0. The van der Waals surface area contributed by atoms with Crippen LogP contribution in [-0.2, 0) is 0 Å². The molecule has 0 aliphatic carbocycles. The molecule has 4 heteroatoms. The van der Waals surface area contributed by atoms with E-state index in [1.165, 1.54) is 12.1 Å². The van der Waals surface area contributed by atoms with Crippen LogP contribution in [0.4, 0.5) is 4.39 Å². The number of halogens is 1. The van der Waals surface area contributed by atoms with Gasteiger partial charge in [0.2, 0.25) is 0 Å². The van der Waals surface area contributed by atoms with Gasteiger partial charge in [0.25, 0.3) is 0 Å². The number of aliphatic hydroxyl groups excluding tert-OH is 1. The van der Waals surface area contributed by atoms with Crippen molar-refractivity contribution >= 4 is 0 Å². The first kappa shape index (κ1) is 13.5. The average Bonchev–Trinajstić information content (AvgIpc) is 2.82. The van der Waals surface area contributed by atoms with Gasteiger partial charge in [0.05, 0.1) is 0 Å². The second kappa shape index (κ2) is 6.27. The van der Waals surface area contributed by atoms with Gasteiger partial charge >= 0.3 is 0 Å². The Labute approximate surface area is 107 Å². The van der Waals surface area contributed by atoms with E-state index in [1.807, 2.05) is 0 Å². The highest BCUT2D eigenvalue weighted by Gasteiger charge is 2.30. The lowest BCUT2D eigenvalue weighted by Crippen LogP contribution is -2.37. The third-order valence-corrected chi connectivity index (χ3v) is 3.76. The van der Waals surface area contributed by atoms with E-state index in [4.69, 9.17) is 10.8 Å². The summed E-state index contributed by atoms with van der Waals surface area (Å²) in [6.07, 6.45) is 3.04. The Kier molecular flexibility index (Phi) is 4.69. The number of hydrogen-bond acceptors (Lipinski definition) is 3. The first-order chi connectivity index (χ1) is 8.76. The average molecular weight is 252 g/mol. The molecule has 0 amide bonds. The molecule has 0 spiro atoms. The fourth-order valence-corrected chi connectivity index (χ4v) is 2.88. The van der Waals surface area contributed by atoms with E-state index >= 15 is 0 Å². The molecule has 100 valence electrons. The molecule has 18 heavy (non-hydrogen) atoms. The molecule has 1 heterocycles. The highest BCUT2D eigenvalue weighted by Crippen LogP contribution is 2.30. The predicted molar refractivity (Wildman–Crippen MR) is 69.6 cm³/mol. The van der Waals surface area contributed by atoms with Crippen molar-refractivity contribution in [3.05, 3.63) is 35.6 Å². The highest BCUT2D eigenvalue weighted by atomic mass is 19.1. The predicted octanol–water partition coefficient (Wildman–Crippen LogP) is 1.67. The zero-order chi connectivity index (χ0) is 13.0. The number of benzene rings is 1. The van der Waals surface area contributed by atoms with Gasteiger partial charge in [-0.05, 0) is 43.5 Å². The Morgan fingerprint density at radius 1 is 1.39 bits per heavy atom. The van der Waals surface area contributed by atoms with Crippen molar-refractivity contribution in [3.63, 3.8) is 0 Å². The summed E-state index contributed by atoms with van der Waals surface area (Å²) >= 11 is 0. The molecule has 0 bridgehead atoms. The van der Waals surface area contributed by atoms with Crippen molar-refractivity contribution in [2.75, 3.05) is 19.7 Å². The quantitative estimate of drug-likeness (QED) is 0.838. The summed E-state index contributed by atoms with van der Waals surface area (Å²) in [7, 11) is 0. The van der Waals surface area contributed by atoms with Crippen molar-refractivity contribution in [3.8, 4) is 0 Å². The van der Waals surface area contributed by atoms with E-state index in [0.717, 1.165) is 31.4 Å². The van der Waals surface area contributed by atoms with Crippen molar-refractivity contribution in [1.82, 2.24) is 4.90 Å². The molecule has 1 aromatic rings. The van der Waals surface area contributed by atoms with Crippen molar-refractivity contribution < 1.29 is 9.50 Å². The van der Waals surface area contributed by atoms with Crippen LogP contribution < -0.4 is 5.73 Å². The Hall–Kier alpha value is -0.970. The van der Waals surface area contributed by atoms with E-state index < -0.39 is 0 Å². The molecule has 1 fully saturated rings. The summed E-state index contributed by atoms with van der Waals surface area (Å²) in [5, 5.41) is 9.10. The van der Waals surface area contributed by atoms with Crippen LogP contribution in [0.5, 0.6) is 0 Å². The second-order valence-corrected chi connectivity index (χ2v) is 4.85. The van der Waals surface area contributed by atoms with Gasteiger partial charge in [-0.25, -0.2) is 4.39 Å². The monoisotopic (exact) mass is 252 g/mol. The summed E-state index contributed by atoms with van der Waals surface area (Å²) in [6.45, 7) is 1.74. The fourth-order valence-electron chi connectivity index (χ4n) is 2.88. The normalized spacial score (nSPS) is 22.3. The number of nitrogens with zero attached hydrogens (tertiary/aromatic N) is 1. The molecule has 3 nitrogen and oxygen atoms in total. The molecule has 0 aromatic heterocycles. The topological polar surface area (TPSA) is 49.5 Å². The first-order valence-corrected chi connectivity index (χ1v) is 6.58. The molecule has 0 saturated carbocycles. The maximum Gasteiger partial charge on any atom is 0.123 e. The van der Waals surface area contributed by atoms with Crippen LogP contribution in [0.25, 0.3) is 0 Å². The van der Waals surface area contributed by atoms with Crippen LogP contribution in [0.1, 0.15) is 30.9 Å². The molecule has 1 aliphatic rings. The Bertz CT molecular complexity index is 369. The Balaban J connectivity index is 2.14. The summed E-state index contributed by atoms with van der Waals surface area (Å²) in [6, 6.07) is 7.10. The number of aliphatic hydroxyl groups is 1. The minimum Gasteiger partial charge on any atom is -0.396 e. The fraction of sp³-hybridized carbons (Fsp3) is 0.571. The van der Waals surface area contributed by atoms with Gasteiger partial charge in [0.1, 0.15) is 5.82 Å². The molecular formula is C14H21FN2O. The van der Waals surface area contributed by atoms with Gasteiger partial charge in [-0.15, -0.1) is 0 Å². The van der Waals surface area contributed by atoms with E-state index in [9.17, 15) is 4.39 Å². The van der Waals surface area contributed by atoms with E-state index in [2.05, 4.69) is 4.90 Å². The molecule has 1 aliphatic heterocycles. The molecule has 2 atom stereocenters. The minimum atomic E-state index is -0.220. The number of nitrogens with two attached hydrogens (primary N) is 1. The third-order valence-electron chi connectivity index (χ3n) is 3.76. The molecule has 3 N–H and O–H groups in total. The summed E-state index contributed by atoms with van der Waals surface area (Å²) in [5.41, 5.74) is 6.94. The molecular weight excluding hydrogens is 231 g/mol. The molecule has 0 radical (unpaired) electrons. The number of likely N-dealkylation sites (tertiary alicyclic amines) is 1. The van der Waals surface area contributed by atoms with Gasteiger partial charge in [0.15, 0.2) is 0 Å². The van der Waals surface area contributed by atoms with Crippen LogP contribution in [0.15, 0.2) is 24.3 Å². The SMILES string of the molecule is NCC(c1ccc(F)cc1)N1CCCC1CCO. The lowest BCUT2D eigenvalue weighted by Gasteiger charge is -2.32. The zero-order valence-corrected chi connectivity index (χ0v) is 10.6. The van der Waals surface area contributed by atoms with Crippen LogP contribution in [0.2, 0.25) is 0 Å². The zero-order valence-electron chi connectivity index (χ0n) is 10.6. The largest absolute Gasteiger partial charge is 0.396 e. The van der Waals surface area contributed by atoms with Gasteiger partial charge in [-0.2, -0.15) is 0 Å².